The second-order valence-corrected chi connectivity index (χ2v) is 19.9. The molecule has 0 aromatic carbocycles. The third-order valence-electron chi connectivity index (χ3n) is 12.8. The quantitative estimate of drug-likeness (QED) is 0.0206. The van der Waals surface area contributed by atoms with E-state index < -0.39 is 75.2 Å². The molecule has 9 N–H and O–H groups in total. The number of carbonyl (C=O) groups is 1. The molecule has 10 atom stereocenters. The molecule has 0 radical (unpaired) electrons. The van der Waals surface area contributed by atoms with Crippen LogP contribution in [0.3, 0.4) is 0 Å². The first-order valence-electron chi connectivity index (χ1n) is 25.6. The number of rotatable bonds is 43. The van der Waals surface area contributed by atoms with Gasteiger partial charge in [-0.1, -0.05) is 219 Å². The van der Waals surface area contributed by atoms with Gasteiger partial charge in [-0.05, 0) is 12.8 Å². The van der Waals surface area contributed by atoms with E-state index in [0.717, 1.165) is 38.5 Å². The minimum atomic E-state index is -5.15. The maximum atomic E-state index is 13.0. The summed E-state index contributed by atoms with van der Waals surface area (Å²) in [6, 6.07) is -1.30. The summed E-state index contributed by atoms with van der Waals surface area (Å²) in [5.74, 6) is -0.417. The van der Waals surface area contributed by atoms with E-state index in [9.17, 15) is 50.0 Å². The molecule has 1 saturated carbocycles. The Morgan fingerprint density at radius 2 is 0.806 bits per heavy atom. The van der Waals surface area contributed by atoms with Crippen LogP contribution in [0.2, 0.25) is 0 Å². The summed E-state index contributed by atoms with van der Waals surface area (Å²) in [5, 5.41) is 75.0. The topological polar surface area (TPSA) is 226 Å². The molecule has 14 heteroatoms. The molecule has 13 nitrogen and oxygen atoms in total. The van der Waals surface area contributed by atoms with Gasteiger partial charge in [-0.2, -0.15) is 0 Å². The molecule has 1 aliphatic rings. The van der Waals surface area contributed by atoms with Gasteiger partial charge in [0.25, 0.3) is 0 Å². The summed E-state index contributed by atoms with van der Waals surface area (Å²) in [5.41, 5.74) is 0. The third-order valence-corrected chi connectivity index (χ3v) is 13.7. The van der Waals surface area contributed by atoms with E-state index in [-0.39, 0.29) is 12.8 Å². The van der Waals surface area contributed by atoms with Crippen molar-refractivity contribution < 1.29 is 59.0 Å². The average molecular weight is 910 g/mol. The van der Waals surface area contributed by atoms with Crippen molar-refractivity contribution in [2.45, 2.75) is 293 Å². The SMILES string of the molecule is CCCCCCCCCCCCCCCCCCCCCCCC(=O)N[C@@H](COP(=O)(O)OC1[C@H](O)[C@H](O)C(O)[C@H](O)[C@H]1O)[C@H](O)[C@H](O)CCCCCCCCCCCCCC. The van der Waals surface area contributed by atoms with Gasteiger partial charge in [0.15, 0.2) is 0 Å². The monoisotopic (exact) mass is 910 g/mol. The van der Waals surface area contributed by atoms with Crippen LogP contribution in [-0.2, 0) is 18.4 Å². The molecule has 3 unspecified atom stereocenters. The predicted molar refractivity (Wildman–Crippen MR) is 248 cm³/mol. The van der Waals surface area contributed by atoms with E-state index in [1.807, 2.05) is 0 Å². The number of aliphatic hydroxyl groups excluding tert-OH is 7. The molecule has 0 heterocycles. The predicted octanol–water partition coefficient (Wildman–Crippen LogP) is 9.21. The summed E-state index contributed by atoms with van der Waals surface area (Å²) in [6.45, 7) is 3.72. The van der Waals surface area contributed by atoms with Crippen molar-refractivity contribution in [2.24, 2.45) is 0 Å². The van der Waals surface area contributed by atoms with E-state index >= 15 is 0 Å². The lowest BCUT2D eigenvalue weighted by Gasteiger charge is -2.41. The van der Waals surface area contributed by atoms with Crippen molar-refractivity contribution >= 4 is 13.7 Å². The van der Waals surface area contributed by atoms with Gasteiger partial charge in [0.1, 0.15) is 42.7 Å². The van der Waals surface area contributed by atoms with Gasteiger partial charge in [0.2, 0.25) is 5.91 Å². The molecule has 1 aliphatic carbocycles. The van der Waals surface area contributed by atoms with Gasteiger partial charge in [-0.25, -0.2) is 4.57 Å². The van der Waals surface area contributed by atoms with Crippen LogP contribution in [-0.4, -0.2) is 108 Å². The van der Waals surface area contributed by atoms with Crippen LogP contribution < -0.4 is 5.32 Å². The summed E-state index contributed by atoms with van der Waals surface area (Å²) in [4.78, 5) is 23.5. The van der Waals surface area contributed by atoms with Crippen LogP contribution in [0.25, 0.3) is 0 Å². The van der Waals surface area contributed by atoms with E-state index in [1.165, 1.54) is 161 Å². The number of hydrogen-bond donors (Lipinski definition) is 9. The first kappa shape index (κ1) is 59.3. The van der Waals surface area contributed by atoms with Gasteiger partial charge in [-0.15, -0.1) is 0 Å². The van der Waals surface area contributed by atoms with Crippen LogP contribution in [0.5, 0.6) is 0 Å². The summed E-state index contributed by atoms with van der Waals surface area (Å²) in [7, 11) is -5.15. The van der Waals surface area contributed by atoms with Crippen molar-refractivity contribution in [1.82, 2.24) is 5.32 Å². The molecule has 0 bridgehead atoms. The molecule has 1 amide bonds. The Morgan fingerprint density at radius 3 is 1.16 bits per heavy atom. The number of unbranched alkanes of at least 4 members (excludes halogenated alkanes) is 31. The molecule has 1 fully saturated rings. The maximum absolute atomic E-state index is 13.0. The number of hydrogen-bond acceptors (Lipinski definition) is 11. The lowest BCUT2D eigenvalue weighted by Crippen LogP contribution is -2.64. The fourth-order valence-corrected chi connectivity index (χ4v) is 9.50. The molecule has 1 rings (SSSR count). The molecule has 370 valence electrons. The van der Waals surface area contributed by atoms with Crippen molar-refractivity contribution in [2.75, 3.05) is 6.61 Å². The molecule has 0 aliphatic heterocycles. The largest absolute Gasteiger partial charge is 0.472 e. The fraction of sp³-hybridized carbons (Fsp3) is 0.979. The number of phosphoric acid groups is 1. The standard InChI is InChI=1S/C48H96NO12P/c1-3-5-7-9-11-13-15-17-18-19-20-21-22-23-24-25-27-29-31-33-35-37-41(51)49-39(38-60-62(58,59)61-48-46(56)44(54)43(53)45(55)47(48)57)42(52)40(50)36-34-32-30-28-26-16-14-12-10-8-6-4-2/h39-40,42-48,50,52-57H,3-38H2,1-2H3,(H,49,51)(H,58,59)/t39-,40+,42-,43?,44-,45+,46+,47+,48?/m0/s1. The Hall–Kier alpha value is -0.700. The van der Waals surface area contributed by atoms with Gasteiger partial charge in [-0.3, -0.25) is 13.8 Å². The summed E-state index contributed by atoms with van der Waals surface area (Å²) in [6.07, 6.45) is 25.7. The molecule has 0 spiro atoms. The van der Waals surface area contributed by atoms with Crippen LogP contribution >= 0.6 is 7.82 Å². The lowest BCUT2D eigenvalue weighted by atomic mass is 9.85. The van der Waals surface area contributed by atoms with E-state index in [2.05, 4.69) is 19.2 Å². The van der Waals surface area contributed by atoms with Crippen molar-refractivity contribution in [3.63, 3.8) is 0 Å². The smallest absolute Gasteiger partial charge is 0.390 e. The summed E-state index contributed by atoms with van der Waals surface area (Å²) >= 11 is 0. The Balaban J connectivity index is 2.43. The molecule has 0 aromatic rings. The Bertz CT molecular complexity index is 1070. The number of carbonyl (C=O) groups excluding carboxylic acids is 1. The molecule has 62 heavy (non-hydrogen) atoms. The van der Waals surface area contributed by atoms with E-state index in [1.54, 1.807) is 0 Å². The Kier molecular flexibility index (Phi) is 36.7. The second kappa shape index (κ2) is 38.4. The van der Waals surface area contributed by atoms with Crippen molar-refractivity contribution in [1.29, 1.82) is 0 Å². The lowest BCUT2D eigenvalue weighted by molar-refractivity contribution is -0.220. The van der Waals surface area contributed by atoms with Crippen LogP contribution in [0.4, 0.5) is 0 Å². The highest BCUT2D eigenvalue weighted by Crippen LogP contribution is 2.47. The minimum Gasteiger partial charge on any atom is -0.390 e. The average Bonchev–Trinajstić information content (AvgIpc) is 3.25. The highest BCUT2D eigenvalue weighted by Gasteiger charge is 2.51. The zero-order valence-corrected chi connectivity index (χ0v) is 40.2. The molecular formula is C48H96NO12P. The Labute approximate surface area is 377 Å². The first-order valence-corrected chi connectivity index (χ1v) is 27.1. The van der Waals surface area contributed by atoms with Crippen LogP contribution in [0, 0.1) is 0 Å². The number of phosphoric ester groups is 1. The minimum absolute atomic E-state index is 0.156. The van der Waals surface area contributed by atoms with Crippen LogP contribution in [0.1, 0.15) is 239 Å². The van der Waals surface area contributed by atoms with Crippen molar-refractivity contribution in [3.05, 3.63) is 0 Å². The van der Waals surface area contributed by atoms with E-state index in [4.69, 9.17) is 9.05 Å². The number of nitrogens with one attached hydrogen (secondary N) is 1. The molecular weight excluding hydrogens is 813 g/mol. The van der Waals surface area contributed by atoms with Gasteiger partial charge in [0.05, 0.1) is 18.8 Å². The highest BCUT2D eigenvalue weighted by atomic mass is 31.2. The van der Waals surface area contributed by atoms with Gasteiger partial charge in [0, 0.05) is 6.42 Å². The van der Waals surface area contributed by atoms with Crippen LogP contribution in [0.15, 0.2) is 0 Å². The molecule has 0 saturated heterocycles. The maximum Gasteiger partial charge on any atom is 0.472 e. The fourth-order valence-electron chi connectivity index (χ4n) is 8.54. The zero-order chi connectivity index (χ0) is 45.9. The number of aliphatic hydroxyl groups is 7. The molecule has 0 aromatic heterocycles. The van der Waals surface area contributed by atoms with Gasteiger partial charge >= 0.3 is 7.82 Å². The van der Waals surface area contributed by atoms with E-state index in [0.29, 0.717) is 12.8 Å². The number of amides is 1. The zero-order valence-electron chi connectivity index (χ0n) is 39.3. The highest BCUT2D eigenvalue weighted by molar-refractivity contribution is 7.47. The normalized spacial score (nSPS) is 22.9. The third kappa shape index (κ3) is 29.0. The first-order chi connectivity index (χ1) is 29.9. The summed E-state index contributed by atoms with van der Waals surface area (Å²) < 4.78 is 22.9. The van der Waals surface area contributed by atoms with Crippen molar-refractivity contribution in [3.8, 4) is 0 Å². The second-order valence-electron chi connectivity index (χ2n) is 18.5. The Morgan fingerprint density at radius 1 is 0.500 bits per heavy atom. The van der Waals surface area contributed by atoms with Gasteiger partial charge < -0.3 is 46.0 Å².